The fourth-order valence-electron chi connectivity index (χ4n) is 2.76. The van der Waals surface area contributed by atoms with Gasteiger partial charge in [-0.15, -0.1) is 5.10 Å². The molecule has 3 rings (SSSR count). The number of alkyl halides is 2. The Kier molecular flexibility index (Phi) is 7.43. The molecule has 1 saturated carbocycles. The van der Waals surface area contributed by atoms with Gasteiger partial charge in [0, 0.05) is 50.6 Å². The van der Waals surface area contributed by atoms with Crippen LogP contribution in [0, 0.1) is 5.92 Å². The molecule has 0 radical (unpaired) electrons. The van der Waals surface area contributed by atoms with Gasteiger partial charge in [-0.25, -0.2) is 23.8 Å². The summed E-state index contributed by atoms with van der Waals surface area (Å²) < 4.78 is 23.6. The Morgan fingerprint density at radius 2 is 2.00 bits per heavy atom. The van der Waals surface area contributed by atoms with Crippen LogP contribution in [0.1, 0.15) is 19.8 Å². The van der Waals surface area contributed by atoms with Crippen LogP contribution in [0.5, 0.6) is 0 Å². The van der Waals surface area contributed by atoms with Gasteiger partial charge < -0.3 is 14.6 Å². The van der Waals surface area contributed by atoms with Gasteiger partial charge in [0.05, 0.1) is 0 Å². The molecule has 2 fully saturated rings. The zero-order valence-electron chi connectivity index (χ0n) is 15.6. The molecule has 0 atom stereocenters. The molecule has 0 spiro atoms. The molecule has 0 aromatic carbocycles. The van der Waals surface area contributed by atoms with Crippen molar-refractivity contribution in [2.24, 2.45) is 21.0 Å². The molecule has 0 aromatic heterocycles. The van der Waals surface area contributed by atoms with Crippen molar-refractivity contribution in [3.63, 3.8) is 0 Å². The topological polar surface area (TPSA) is 63.9 Å². The van der Waals surface area contributed by atoms with E-state index in [0.717, 1.165) is 31.9 Å². The van der Waals surface area contributed by atoms with Crippen molar-refractivity contribution in [3.8, 4) is 0 Å². The lowest BCUT2D eigenvalue weighted by Gasteiger charge is -2.33. The summed E-state index contributed by atoms with van der Waals surface area (Å²) in [5, 5.41) is 6.81. The van der Waals surface area contributed by atoms with Crippen LogP contribution in [0.2, 0.25) is 0 Å². The maximum atomic E-state index is 11.8. The van der Waals surface area contributed by atoms with Crippen LogP contribution < -0.4 is 0 Å². The van der Waals surface area contributed by atoms with Gasteiger partial charge in [-0.1, -0.05) is 11.6 Å². The lowest BCUT2D eigenvalue weighted by atomic mass is 9.83. The van der Waals surface area contributed by atoms with Gasteiger partial charge in [0.2, 0.25) is 11.9 Å². The first-order chi connectivity index (χ1) is 12.7. The maximum Gasteiger partial charge on any atom is 0.249 e. The van der Waals surface area contributed by atoms with Gasteiger partial charge in [-0.2, -0.15) is 0 Å². The number of aliphatic imine (C=N–C) groups is 2. The molecule has 0 bridgehead atoms. The minimum atomic E-state index is -2.54. The number of aldehydes is 1. The molecule has 3 aliphatic rings. The number of allylic oxidation sites excluding steroid dienone is 2. The maximum absolute atomic E-state index is 11.8. The monoisotopic (exact) mass is 402 g/mol. The van der Waals surface area contributed by atoms with E-state index in [1.807, 2.05) is 6.92 Å². The zero-order valence-corrected chi connectivity index (χ0v) is 16.4. The van der Waals surface area contributed by atoms with Crippen molar-refractivity contribution >= 4 is 35.7 Å². The third-order valence-electron chi connectivity index (χ3n) is 4.54. The van der Waals surface area contributed by atoms with E-state index in [9.17, 15) is 13.6 Å². The number of likely N-dealkylation sites (N-methyl/N-ethyl adjacent to an activating group) is 1. The van der Waals surface area contributed by atoms with Crippen LogP contribution in [-0.2, 0) is 4.79 Å². The number of halogens is 3. The second-order valence-electron chi connectivity index (χ2n) is 6.82. The highest BCUT2D eigenvalue weighted by Gasteiger charge is 2.44. The minimum Gasteiger partial charge on any atom is -0.337 e. The molecule has 150 valence electrons. The largest absolute Gasteiger partial charge is 0.337 e. The van der Waals surface area contributed by atoms with Crippen molar-refractivity contribution in [2.75, 3.05) is 39.9 Å². The predicted molar refractivity (Wildman–Crippen MR) is 104 cm³/mol. The Hall–Kier alpha value is -1.87. The summed E-state index contributed by atoms with van der Waals surface area (Å²) in [4.78, 5) is 22.3. The fourth-order valence-corrected chi connectivity index (χ4v) is 2.97. The van der Waals surface area contributed by atoms with Crippen molar-refractivity contribution in [1.29, 1.82) is 0 Å². The Morgan fingerprint density at radius 1 is 1.37 bits per heavy atom. The summed E-state index contributed by atoms with van der Waals surface area (Å²) >= 11 is 5.86. The summed E-state index contributed by atoms with van der Waals surface area (Å²) in [5.74, 6) is -2.26. The SMILES string of the molecule is C=N/C(=N\N1CN=C(Cl)C=C1C)N1CCN(C)CC1.O=CC1CC(F)(F)C1. The third-order valence-corrected chi connectivity index (χ3v) is 4.77. The number of carbonyl (C=O) groups is 1. The minimum absolute atomic E-state index is 0.240. The Bertz CT molecular complexity index is 635. The summed E-state index contributed by atoms with van der Waals surface area (Å²) in [6.07, 6.45) is 1.91. The second-order valence-corrected chi connectivity index (χ2v) is 7.20. The Labute approximate surface area is 163 Å². The molecular weight excluding hydrogens is 378 g/mol. The van der Waals surface area contributed by atoms with E-state index in [2.05, 4.69) is 38.7 Å². The normalized spacial score (nSPS) is 23.5. The van der Waals surface area contributed by atoms with E-state index >= 15 is 0 Å². The number of guanidine groups is 1. The molecule has 0 amide bonds. The predicted octanol–water partition coefficient (Wildman–Crippen LogP) is 2.25. The van der Waals surface area contributed by atoms with Crippen LogP contribution in [0.4, 0.5) is 8.78 Å². The molecule has 27 heavy (non-hydrogen) atoms. The van der Waals surface area contributed by atoms with Crippen LogP contribution >= 0.6 is 11.6 Å². The zero-order chi connectivity index (χ0) is 20.0. The Morgan fingerprint density at radius 3 is 2.44 bits per heavy atom. The molecule has 7 nitrogen and oxygen atoms in total. The van der Waals surface area contributed by atoms with Gasteiger partial charge in [0.1, 0.15) is 18.1 Å². The summed E-state index contributed by atoms with van der Waals surface area (Å²) in [7, 11) is 2.11. The average molecular weight is 403 g/mol. The van der Waals surface area contributed by atoms with Crippen molar-refractivity contribution in [1.82, 2.24) is 14.8 Å². The lowest BCUT2D eigenvalue weighted by molar-refractivity contribution is -0.137. The van der Waals surface area contributed by atoms with Crippen molar-refractivity contribution in [3.05, 3.63) is 11.8 Å². The highest BCUT2D eigenvalue weighted by atomic mass is 35.5. The van der Waals surface area contributed by atoms with E-state index in [1.165, 1.54) is 0 Å². The first-order valence-electron chi connectivity index (χ1n) is 8.72. The van der Waals surface area contributed by atoms with Gasteiger partial charge in [-0.05, 0) is 26.8 Å². The van der Waals surface area contributed by atoms with Gasteiger partial charge in [-0.3, -0.25) is 0 Å². The van der Waals surface area contributed by atoms with Crippen LogP contribution in [-0.4, -0.2) is 84.8 Å². The van der Waals surface area contributed by atoms with Crippen LogP contribution in [0.15, 0.2) is 26.9 Å². The summed E-state index contributed by atoms with van der Waals surface area (Å²) in [5.41, 5.74) is 0.954. The molecule has 10 heteroatoms. The molecular formula is C17H25ClF2N6O. The van der Waals surface area contributed by atoms with E-state index in [0.29, 0.717) is 24.1 Å². The van der Waals surface area contributed by atoms with E-state index < -0.39 is 5.92 Å². The van der Waals surface area contributed by atoms with Crippen LogP contribution in [0.3, 0.4) is 0 Å². The molecule has 1 saturated heterocycles. The number of carbonyl (C=O) groups excluding carboxylic acids is 1. The standard InChI is InChI=1S/C12H19ClN6.C5H6F2O/c1-10-8-11(13)15-9-19(10)16-12(14-2)18-6-4-17(3)5-7-18;6-5(7)1-4(2-5)3-8/h8H,2,4-7,9H2,1,3H3;3-4H,1-2H2/b16-12+;. The highest BCUT2D eigenvalue weighted by Crippen LogP contribution is 2.40. The summed E-state index contributed by atoms with van der Waals surface area (Å²) in [6, 6.07) is 0. The fraction of sp³-hybridized carbons (Fsp3) is 0.647. The number of nitrogens with zero attached hydrogens (tertiary/aromatic N) is 6. The van der Waals surface area contributed by atoms with Crippen molar-refractivity contribution < 1.29 is 13.6 Å². The third kappa shape index (κ3) is 6.35. The number of piperazine rings is 1. The second kappa shape index (κ2) is 9.36. The summed E-state index contributed by atoms with van der Waals surface area (Å²) in [6.45, 7) is 9.83. The number of hydrazone groups is 1. The quantitative estimate of drug-likeness (QED) is 0.404. The Balaban J connectivity index is 0.000000273. The highest BCUT2D eigenvalue weighted by molar-refractivity contribution is 6.68. The van der Waals surface area contributed by atoms with E-state index in [4.69, 9.17) is 11.6 Å². The molecule has 1 aliphatic carbocycles. The number of hydrogen-bond donors (Lipinski definition) is 0. The van der Waals surface area contributed by atoms with Crippen molar-refractivity contribution in [2.45, 2.75) is 25.7 Å². The van der Waals surface area contributed by atoms with E-state index in [-0.39, 0.29) is 18.8 Å². The number of hydrogen-bond acceptors (Lipinski definition) is 5. The average Bonchev–Trinajstić information content (AvgIpc) is 2.60. The molecule has 2 heterocycles. The van der Waals surface area contributed by atoms with Gasteiger partial charge in [0.15, 0.2) is 0 Å². The molecule has 0 aromatic rings. The smallest absolute Gasteiger partial charge is 0.249 e. The lowest BCUT2D eigenvalue weighted by Crippen LogP contribution is -2.47. The first kappa shape index (κ1) is 21.4. The molecule has 0 N–H and O–H groups in total. The first-order valence-corrected chi connectivity index (χ1v) is 9.09. The van der Waals surface area contributed by atoms with Crippen LogP contribution in [0.25, 0.3) is 0 Å². The van der Waals surface area contributed by atoms with Gasteiger partial charge >= 0.3 is 0 Å². The van der Waals surface area contributed by atoms with Gasteiger partial charge in [0.25, 0.3) is 0 Å². The number of rotatable bonds is 2. The molecule has 2 aliphatic heterocycles. The molecule has 0 unspecified atom stereocenters. The van der Waals surface area contributed by atoms with E-state index in [1.54, 1.807) is 11.1 Å².